The molecule has 0 atom stereocenters. The Bertz CT molecular complexity index is 1080. The zero-order valence-electron chi connectivity index (χ0n) is 16.2. The Morgan fingerprint density at radius 3 is 2.90 bits per heavy atom. The fourth-order valence-electron chi connectivity index (χ4n) is 2.94. The molecule has 0 saturated heterocycles. The Labute approximate surface area is 173 Å². The summed E-state index contributed by atoms with van der Waals surface area (Å²) < 4.78 is 12.7. The monoisotopic (exact) mass is 403 g/mol. The minimum atomic E-state index is -0.302. The predicted octanol–water partition coefficient (Wildman–Crippen LogP) is 3.90. The van der Waals surface area contributed by atoms with Crippen LogP contribution >= 0.6 is 0 Å². The van der Waals surface area contributed by atoms with Gasteiger partial charge in [-0.05, 0) is 35.9 Å². The van der Waals surface area contributed by atoms with Gasteiger partial charge in [0.25, 0.3) is 0 Å². The van der Waals surface area contributed by atoms with Gasteiger partial charge >= 0.3 is 6.03 Å². The molecule has 8 nitrogen and oxygen atoms in total. The van der Waals surface area contributed by atoms with E-state index in [4.69, 9.17) is 9.15 Å². The third-order valence-corrected chi connectivity index (χ3v) is 4.33. The molecule has 3 aromatic heterocycles. The summed E-state index contributed by atoms with van der Waals surface area (Å²) in [6.07, 6.45) is 8.49. The highest BCUT2D eigenvalue weighted by Gasteiger charge is 2.08. The number of amides is 2. The largest absolute Gasteiger partial charge is 0.467 e. The molecular weight excluding hydrogens is 382 g/mol. The quantitative estimate of drug-likeness (QED) is 0.465. The van der Waals surface area contributed by atoms with Crippen molar-refractivity contribution >= 4 is 11.7 Å². The maximum absolute atomic E-state index is 12.4. The third kappa shape index (κ3) is 5.12. The van der Waals surface area contributed by atoms with Crippen LogP contribution in [0.15, 0.2) is 84.1 Å². The number of rotatable bonds is 8. The summed E-state index contributed by atoms with van der Waals surface area (Å²) in [6, 6.07) is 14.7. The van der Waals surface area contributed by atoms with Crippen molar-refractivity contribution in [2.75, 3.05) is 5.32 Å². The fourth-order valence-corrected chi connectivity index (χ4v) is 2.94. The van der Waals surface area contributed by atoms with Crippen molar-refractivity contribution in [1.29, 1.82) is 0 Å². The standard InChI is InChI=1S/C22H21N5O3/c28-22(25-13-18-5-2-8-24-21(18)27-10-9-23-16-27)26-19-6-1-4-17(12-19)14-29-15-20-7-3-11-30-20/h1-12,16H,13-15H2,(H2,25,26,28). The Hall–Kier alpha value is -3.91. The number of pyridine rings is 1. The van der Waals surface area contributed by atoms with E-state index in [0.29, 0.717) is 25.4 Å². The summed E-state index contributed by atoms with van der Waals surface area (Å²) in [4.78, 5) is 20.8. The number of nitrogens with zero attached hydrogens (tertiary/aromatic N) is 3. The van der Waals surface area contributed by atoms with Crippen LogP contribution in [0.2, 0.25) is 0 Å². The fraction of sp³-hybridized carbons (Fsp3) is 0.136. The SMILES string of the molecule is O=C(NCc1cccnc1-n1ccnc1)Nc1cccc(COCc2ccco2)c1. The molecule has 152 valence electrons. The Morgan fingerprint density at radius 2 is 2.07 bits per heavy atom. The molecule has 2 amide bonds. The van der Waals surface area contributed by atoms with Crippen LogP contribution in [-0.4, -0.2) is 20.6 Å². The average Bonchev–Trinajstić information content (AvgIpc) is 3.47. The van der Waals surface area contributed by atoms with Crippen molar-refractivity contribution in [2.45, 2.75) is 19.8 Å². The lowest BCUT2D eigenvalue weighted by Gasteiger charge is -2.11. The third-order valence-electron chi connectivity index (χ3n) is 4.33. The Morgan fingerprint density at radius 1 is 1.10 bits per heavy atom. The molecule has 0 bridgehead atoms. The van der Waals surface area contributed by atoms with Gasteiger partial charge in [-0.15, -0.1) is 0 Å². The summed E-state index contributed by atoms with van der Waals surface area (Å²) in [5, 5.41) is 5.71. The minimum absolute atomic E-state index is 0.302. The molecule has 0 saturated carbocycles. The summed E-state index contributed by atoms with van der Waals surface area (Å²) in [5.41, 5.74) is 2.52. The van der Waals surface area contributed by atoms with Gasteiger partial charge in [0.1, 0.15) is 24.5 Å². The van der Waals surface area contributed by atoms with Crippen LogP contribution in [0.25, 0.3) is 5.82 Å². The molecule has 30 heavy (non-hydrogen) atoms. The smallest absolute Gasteiger partial charge is 0.319 e. The lowest BCUT2D eigenvalue weighted by atomic mass is 10.2. The number of anilines is 1. The molecule has 0 spiro atoms. The first-order chi connectivity index (χ1) is 14.8. The van der Waals surface area contributed by atoms with E-state index >= 15 is 0 Å². The van der Waals surface area contributed by atoms with E-state index < -0.39 is 0 Å². The summed E-state index contributed by atoms with van der Waals surface area (Å²) in [5.74, 6) is 1.50. The van der Waals surface area contributed by atoms with E-state index in [1.807, 2.05) is 54.7 Å². The van der Waals surface area contributed by atoms with Gasteiger partial charge in [0, 0.05) is 36.4 Å². The maximum Gasteiger partial charge on any atom is 0.319 e. The molecule has 0 fully saturated rings. The second-order valence-corrected chi connectivity index (χ2v) is 6.54. The lowest BCUT2D eigenvalue weighted by molar-refractivity contribution is 0.0930. The molecule has 4 aromatic rings. The van der Waals surface area contributed by atoms with Crippen LogP contribution in [0.4, 0.5) is 10.5 Å². The van der Waals surface area contributed by atoms with Crippen molar-refractivity contribution in [2.24, 2.45) is 0 Å². The van der Waals surface area contributed by atoms with E-state index in [-0.39, 0.29) is 6.03 Å². The molecule has 8 heteroatoms. The van der Waals surface area contributed by atoms with Crippen molar-refractivity contribution in [1.82, 2.24) is 19.9 Å². The zero-order valence-corrected chi connectivity index (χ0v) is 16.2. The van der Waals surface area contributed by atoms with Crippen LogP contribution in [0, 0.1) is 0 Å². The maximum atomic E-state index is 12.4. The van der Waals surface area contributed by atoms with Crippen molar-refractivity contribution in [3.63, 3.8) is 0 Å². The molecule has 2 N–H and O–H groups in total. The van der Waals surface area contributed by atoms with Crippen LogP contribution in [-0.2, 0) is 24.5 Å². The van der Waals surface area contributed by atoms with Crippen LogP contribution < -0.4 is 10.6 Å². The number of urea groups is 1. The molecule has 0 aliphatic heterocycles. The zero-order chi connectivity index (χ0) is 20.6. The van der Waals surface area contributed by atoms with E-state index in [0.717, 1.165) is 22.7 Å². The van der Waals surface area contributed by atoms with Gasteiger partial charge < -0.3 is 19.8 Å². The number of benzene rings is 1. The normalized spacial score (nSPS) is 10.7. The second kappa shape index (κ2) is 9.53. The highest BCUT2D eigenvalue weighted by Crippen LogP contribution is 2.14. The molecular formula is C22H21N5O3. The van der Waals surface area contributed by atoms with Gasteiger partial charge in [0.15, 0.2) is 0 Å². The highest BCUT2D eigenvalue weighted by molar-refractivity contribution is 5.89. The topological polar surface area (TPSA) is 94.2 Å². The molecule has 0 unspecified atom stereocenters. The van der Waals surface area contributed by atoms with Gasteiger partial charge in [-0.25, -0.2) is 14.8 Å². The predicted molar refractivity (Wildman–Crippen MR) is 111 cm³/mol. The Balaban J connectivity index is 1.30. The van der Waals surface area contributed by atoms with E-state index in [1.54, 1.807) is 29.6 Å². The van der Waals surface area contributed by atoms with E-state index in [9.17, 15) is 4.79 Å². The van der Waals surface area contributed by atoms with E-state index in [2.05, 4.69) is 20.6 Å². The second-order valence-electron chi connectivity index (χ2n) is 6.54. The van der Waals surface area contributed by atoms with Gasteiger partial charge in [-0.2, -0.15) is 0 Å². The number of imidazole rings is 1. The van der Waals surface area contributed by atoms with Crippen LogP contribution in [0.3, 0.4) is 0 Å². The minimum Gasteiger partial charge on any atom is -0.467 e. The van der Waals surface area contributed by atoms with Crippen LogP contribution in [0.5, 0.6) is 0 Å². The number of carbonyl (C=O) groups is 1. The molecule has 0 radical (unpaired) electrons. The number of aromatic nitrogens is 3. The van der Waals surface area contributed by atoms with Crippen LogP contribution in [0.1, 0.15) is 16.9 Å². The first-order valence-electron chi connectivity index (χ1n) is 9.44. The summed E-state index contributed by atoms with van der Waals surface area (Å²) >= 11 is 0. The number of hydrogen-bond acceptors (Lipinski definition) is 5. The van der Waals surface area contributed by atoms with Gasteiger partial charge in [-0.3, -0.25) is 4.57 Å². The number of hydrogen-bond donors (Lipinski definition) is 2. The van der Waals surface area contributed by atoms with Gasteiger partial charge in [0.2, 0.25) is 0 Å². The molecule has 3 heterocycles. The first kappa shape index (κ1) is 19.4. The van der Waals surface area contributed by atoms with Crippen molar-refractivity contribution in [3.05, 3.63) is 96.6 Å². The molecule has 0 aliphatic rings. The number of ether oxygens (including phenoxy) is 1. The van der Waals surface area contributed by atoms with E-state index in [1.165, 1.54) is 0 Å². The Kier molecular flexibility index (Phi) is 6.16. The van der Waals surface area contributed by atoms with Gasteiger partial charge in [-0.1, -0.05) is 18.2 Å². The molecule has 4 rings (SSSR count). The number of nitrogens with one attached hydrogen (secondary N) is 2. The number of furan rings is 1. The summed E-state index contributed by atoms with van der Waals surface area (Å²) in [6.45, 7) is 1.15. The first-order valence-corrected chi connectivity index (χ1v) is 9.44. The van der Waals surface area contributed by atoms with Gasteiger partial charge in [0.05, 0.1) is 12.9 Å². The number of carbonyl (C=O) groups excluding carboxylic acids is 1. The average molecular weight is 403 g/mol. The summed E-state index contributed by atoms with van der Waals surface area (Å²) in [7, 11) is 0. The molecule has 0 aliphatic carbocycles. The van der Waals surface area contributed by atoms with Crippen molar-refractivity contribution in [3.8, 4) is 5.82 Å². The molecule has 1 aromatic carbocycles. The highest BCUT2D eigenvalue weighted by atomic mass is 16.5. The van der Waals surface area contributed by atoms with Crippen molar-refractivity contribution < 1.29 is 13.9 Å². The lowest BCUT2D eigenvalue weighted by Crippen LogP contribution is -2.28.